The molecule has 0 aromatic carbocycles. The molecule has 1 amide bonds. The zero-order valence-electron chi connectivity index (χ0n) is 61.4. The average molecular weight is 1270 g/mol. The molecule has 0 heterocycles. The number of hydrogen-bond donors (Lipinski definition) is 3. The Labute approximate surface area is 564 Å². The number of rotatable bonds is 79. The summed E-state index contributed by atoms with van der Waals surface area (Å²) in [5.74, 6) is -0.0125. The molecule has 534 valence electrons. The van der Waals surface area contributed by atoms with Crippen LogP contribution in [0, 0.1) is 0 Å². The van der Waals surface area contributed by atoms with Crippen molar-refractivity contribution in [1.29, 1.82) is 0 Å². The Morgan fingerprint density at radius 1 is 0.311 bits per heavy atom. The zero-order chi connectivity index (χ0) is 64.9. The molecule has 0 saturated heterocycles. The van der Waals surface area contributed by atoms with Crippen molar-refractivity contribution in [1.82, 2.24) is 5.32 Å². The summed E-state index contributed by atoms with van der Waals surface area (Å²) in [5, 5.41) is 23.4. The highest BCUT2D eigenvalue weighted by Gasteiger charge is 2.20. The van der Waals surface area contributed by atoms with Gasteiger partial charge in [0.2, 0.25) is 5.91 Å². The fraction of sp³-hybridized carbons (Fsp3) is 0.929. The third-order valence-electron chi connectivity index (χ3n) is 19.8. The van der Waals surface area contributed by atoms with E-state index in [9.17, 15) is 19.8 Å². The molecule has 0 aromatic rings. The second kappa shape index (κ2) is 79.8. The van der Waals surface area contributed by atoms with Crippen LogP contribution in [0.25, 0.3) is 0 Å². The fourth-order valence-corrected chi connectivity index (χ4v) is 13.4. The number of ether oxygens (including phenoxy) is 1. The van der Waals surface area contributed by atoms with Gasteiger partial charge in [-0.15, -0.1) is 0 Å². The van der Waals surface area contributed by atoms with Gasteiger partial charge in [-0.25, -0.2) is 0 Å². The van der Waals surface area contributed by atoms with Crippen molar-refractivity contribution >= 4 is 11.9 Å². The molecule has 0 aliphatic carbocycles. The molecule has 0 rings (SSSR count). The lowest BCUT2D eigenvalue weighted by Crippen LogP contribution is -2.45. The Hall–Kier alpha value is -1.66. The number of esters is 1. The van der Waals surface area contributed by atoms with Crippen LogP contribution >= 0.6 is 0 Å². The second-order valence-electron chi connectivity index (χ2n) is 28.8. The van der Waals surface area contributed by atoms with Crippen molar-refractivity contribution in [2.75, 3.05) is 13.2 Å². The summed E-state index contributed by atoms with van der Waals surface area (Å²) in [7, 11) is 0. The summed E-state index contributed by atoms with van der Waals surface area (Å²) in [6.07, 6.45) is 103. The molecular weight excluding hydrogens is 1100 g/mol. The molecule has 0 aliphatic heterocycles. The van der Waals surface area contributed by atoms with Crippen molar-refractivity contribution in [3.05, 3.63) is 24.3 Å². The van der Waals surface area contributed by atoms with Gasteiger partial charge in [0.1, 0.15) is 0 Å². The summed E-state index contributed by atoms with van der Waals surface area (Å²) in [5.41, 5.74) is 0. The van der Waals surface area contributed by atoms with E-state index in [1.165, 1.54) is 392 Å². The second-order valence-corrected chi connectivity index (χ2v) is 28.8. The monoisotopic (exact) mass is 1270 g/mol. The molecule has 0 fully saturated rings. The first-order valence-corrected chi connectivity index (χ1v) is 41.6. The third kappa shape index (κ3) is 75.4. The van der Waals surface area contributed by atoms with Gasteiger partial charge in [-0.3, -0.25) is 9.59 Å². The van der Waals surface area contributed by atoms with Gasteiger partial charge in [0.05, 0.1) is 25.4 Å². The number of carbonyl (C=O) groups is 2. The Bertz CT molecular complexity index is 1410. The van der Waals surface area contributed by atoms with Gasteiger partial charge >= 0.3 is 5.97 Å². The Morgan fingerprint density at radius 2 is 0.556 bits per heavy atom. The molecule has 90 heavy (non-hydrogen) atoms. The zero-order valence-corrected chi connectivity index (χ0v) is 61.4. The Kier molecular flexibility index (Phi) is 78.3. The molecule has 0 saturated carbocycles. The van der Waals surface area contributed by atoms with Gasteiger partial charge < -0.3 is 20.3 Å². The van der Waals surface area contributed by atoms with Gasteiger partial charge in [0.25, 0.3) is 0 Å². The molecule has 0 aromatic heterocycles. The van der Waals surface area contributed by atoms with Crippen LogP contribution in [0.2, 0.25) is 0 Å². The van der Waals surface area contributed by atoms with E-state index < -0.39 is 12.1 Å². The van der Waals surface area contributed by atoms with Crippen LogP contribution in [0.1, 0.15) is 476 Å². The van der Waals surface area contributed by atoms with Crippen molar-refractivity contribution in [3.63, 3.8) is 0 Å². The molecule has 2 atom stereocenters. The van der Waals surface area contributed by atoms with Crippen LogP contribution < -0.4 is 5.32 Å². The Balaban J connectivity index is 3.29. The standard InChI is InChI=1S/C84H163NO5/c1-3-5-7-9-11-13-15-17-19-21-45-48-52-56-60-64-68-72-76-82(87)81(80-86)85-83(88)77-73-69-65-61-57-53-49-46-43-41-39-37-35-33-31-29-27-25-23-22-24-26-28-30-32-34-36-38-40-42-44-47-51-55-59-63-67-71-75-79-90-84(89)78-74-70-66-62-58-54-50-20-18-16-14-12-10-8-6-4-2/h14,16,20,50,81-82,86-87H,3-13,15,17-19,21-49,51-80H2,1-2H3,(H,85,88)/b16-14-,50-20-. The van der Waals surface area contributed by atoms with Crippen molar-refractivity contribution in [2.45, 2.75) is 488 Å². The highest BCUT2D eigenvalue weighted by atomic mass is 16.5. The van der Waals surface area contributed by atoms with Gasteiger partial charge in [-0.2, -0.15) is 0 Å². The molecule has 2 unspecified atom stereocenters. The first-order chi connectivity index (χ1) is 44.5. The molecule has 6 heteroatoms. The smallest absolute Gasteiger partial charge is 0.305 e. The van der Waals surface area contributed by atoms with Gasteiger partial charge in [-0.1, -0.05) is 430 Å². The summed E-state index contributed by atoms with van der Waals surface area (Å²) in [6.45, 7) is 4.98. The van der Waals surface area contributed by atoms with E-state index in [-0.39, 0.29) is 18.5 Å². The minimum atomic E-state index is -0.660. The van der Waals surface area contributed by atoms with Gasteiger partial charge in [-0.05, 0) is 57.8 Å². The molecular formula is C84H163NO5. The predicted octanol–water partition coefficient (Wildman–Crippen LogP) is 27.6. The molecule has 3 N–H and O–H groups in total. The third-order valence-corrected chi connectivity index (χ3v) is 19.8. The maximum absolute atomic E-state index is 12.6. The number of carbonyl (C=O) groups excluding carboxylic acids is 2. The lowest BCUT2D eigenvalue weighted by Gasteiger charge is -2.22. The average Bonchev–Trinajstić information content (AvgIpc) is 3.68. The van der Waals surface area contributed by atoms with E-state index in [0.29, 0.717) is 25.9 Å². The minimum Gasteiger partial charge on any atom is -0.466 e. The molecule has 0 radical (unpaired) electrons. The maximum atomic E-state index is 12.6. The molecule has 0 aliphatic rings. The molecule has 6 nitrogen and oxygen atoms in total. The first kappa shape index (κ1) is 88.3. The lowest BCUT2D eigenvalue weighted by molar-refractivity contribution is -0.143. The Morgan fingerprint density at radius 3 is 0.856 bits per heavy atom. The summed E-state index contributed by atoms with van der Waals surface area (Å²) >= 11 is 0. The largest absolute Gasteiger partial charge is 0.466 e. The summed E-state index contributed by atoms with van der Waals surface area (Å²) < 4.78 is 5.50. The van der Waals surface area contributed by atoms with Crippen LogP contribution in [0.4, 0.5) is 0 Å². The number of allylic oxidation sites excluding steroid dienone is 4. The lowest BCUT2D eigenvalue weighted by atomic mass is 10.0. The SMILES string of the molecule is CCCCCC/C=C\C/C=C\CCCCCCCC(=O)OCCCCCCCCCCCCCCCCCCCCCCCCCCCCCCCCCCCCCCCCCC(=O)NC(CO)C(O)CCCCCCCCCCCCCCCCCCCC. The fourth-order valence-electron chi connectivity index (χ4n) is 13.4. The summed E-state index contributed by atoms with van der Waals surface area (Å²) in [4.78, 5) is 24.6. The van der Waals surface area contributed by atoms with Gasteiger partial charge in [0, 0.05) is 12.8 Å². The minimum absolute atomic E-state index is 0.0115. The quantitative estimate of drug-likeness (QED) is 0.0320. The maximum Gasteiger partial charge on any atom is 0.305 e. The van der Waals surface area contributed by atoms with E-state index in [0.717, 1.165) is 51.4 Å². The number of nitrogens with one attached hydrogen (secondary N) is 1. The van der Waals surface area contributed by atoms with E-state index in [1.807, 2.05) is 0 Å². The molecule has 0 spiro atoms. The molecule has 0 bridgehead atoms. The number of amides is 1. The van der Waals surface area contributed by atoms with Gasteiger partial charge in [0.15, 0.2) is 0 Å². The number of aliphatic hydroxyl groups is 2. The highest BCUT2D eigenvalue weighted by Crippen LogP contribution is 2.21. The van der Waals surface area contributed by atoms with Crippen LogP contribution in [-0.2, 0) is 14.3 Å². The van der Waals surface area contributed by atoms with Crippen LogP contribution in [0.15, 0.2) is 24.3 Å². The van der Waals surface area contributed by atoms with Crippen LogP contribution in [0.3, 0.4) is 0 Å². The summed E-state index contributed by atoms with van der Waals surface area (Å²) in [6, 6.07) is -0.537. The van der Waals surface area contributed by atoms with Crippen LogP contribution in [-0.4, -0.2) is 47.4 Å². The predicted molar refractivity (Wildman–Crippen MR) is 398 cm³/mol. The van der Waals surface area contributed by atoms with E-state index in [1.54, 1.807) is 0 Å². The normalized spacial score (nSPS) is 12.5. The van der Waals surface area contributed by atoms with Crippen molar-refractivity contribution in [2.24, 2.45) is 0 Å². The number of aliphatic hydroxyl groups excluding tert-OH is 2. The topological polar surface area (TPSA) is 95.9 Å². The van der Waals surface area contributed by atoms with Crippen molar-refractivity contribution in [3.8, 4) is 0 Å². The van der Waals surface area contributed by atoms with E-state index in [2.05, 4.69) is 43.5 Å². The first-order valence-electron chi connectivity index (χ1n) is 41.6. The number of unbranched alkanes of at least 4 members (excludes halogenated alkanes) is 64. The van der Waals surface area contributed by atoms with Crippen molar-refractivity contribution < 1.29 is 24.5 Å². The highest BCUT2D eigenvalue weighted by molar-refractivity contribution is 5.76. The van der Waals surface area contributed by atoms with E-state index >= 15 is 0 Å². The number of hydrogen-bond acceptors (Lipinski definition) is 5. The van der Waals surface area contributed by atoms with E-state index in [4.69, 9.17) is 4.74 Å². The van der Waals surface area contributed by atoms with Crippen LogP contribution in [0.5, 0.6) is 0 Å².